The van der Waals surface area contributed by atoms with Crippen molar-refractivity contribution >= 4 is 7.85 Å². The Kier molecular flexibility index (Phi) is 4.39. The van der Waals surface area contributed by atoms with Gasteiger partial charge in [0.15, 0.2) is 0 Å². The number of hydrogen-bond donors (Lipinski definition) is 0. The van der Waals surface area contributed by atoms with Crippen LogP contribution in [0.1, 0.15) is 18.3 Å². The summed E-state index contributed by atoms with van der Waals surface area (Å²) in [5, 5.41) is 0. The van der Waals surface area contributed by atoms with Crippen LogP contribution in [-0.2, 0) is 19.5 Å². The number of benzene rings is 1. The normalized spacial score (nSPS) is 10.4. The standard InChI is InChI=1S/C14H15BN2O2/c1-2-17-13(8-15)16-9-12(14(17)18)19-10-11-6-4-3-5-7-11/h3-7,9H,2,8,10H2,1H3. The number of ether oxygens (including phenoxy) is 1. The van der Waals surface area contributed by atoms with E-state index in [-0.39, 0.29) is 17.6 Å². The van der Waals surface area contributed by atoms with E-state index in [4.69, 9.17) is 12.6 Å². The zero-order valence-corrected chi connectivity index (χ0v) is 10.9. The van der Waals surface area contributed by atoms with Crippen molar-refractivity contribution in [3.63, 3.8) is 0 Å². The lowest BCUT2D eigenvalue weighted by Crippen LogP contribution is -2.25. The summed E-state index contributed by atoms with van der Waals surface area (Å²) in [5.74, 6) is 0.822. The maximum atomic E-state index is 12.1. The van der Waals surface area contributed by atoms with Crippen LogP contribution in [-0.4, -0.2) is 17.4 Å². The Morgan fingerprint density at radius 2 is 2.05 bits per heavy atom. The lowest BCUT2D eigenvalue weighted by atomic mass is 10.0. The van der Waals surface area contributed by atoms with E-state index in [0.717, 1.165) is 5.56 Å². The smallest absolute Gasteiger partial charge is 0.295 e. The van der Waals surface area contributed by atoms with E-state index in [1.165, 1.54) is 10.8 Å². The van der Waals surface area contributed by atoms with Crippen molar-refractivity contribution in [2.24, 2.45) is 0 Å². The van der Waals surface area contributed by atoms with Crippen LogP contribution < -0.4 is 10.3 Å². The number of hydrogen-bond acceptors (Lipinski definition) is 3. The average Bonchev–Trinajstić information content (AvgIpc) is 2.46. The summed E-state index contributed by atoms with van der Waals surface area (Å²) in [7, 11) is 5.55. The molecule has 0 atom stereocenters. The van der Waals surface area contributed by atoms with Gasteiger partial charge in [0.25, 0.3) is 5.56 Å². The van der Waals surface area contributed by atoms with Crippen LogP contribution >= 0.6 is 0 Å². The van der Waals surface area contributed by atoms with Gasteiger partial charge in [-0.1, -0.05) is 30.3 Å². The molecule has 4 nitrogen and oxygen atoms in total. The van der Waals surface area contributed by atoms with E-state index in [0.29, 0.717) is 19.0 Å². The van der Waals surface area contributed by atoms with Gasteiger partial charge in [-0.2, -0.15) is 0 Å². The molecular formula is C14H15BN2O2. The summed E-state index contributed by atoms with van der Waals surface area (Å²) in [4.78, 5) is 16.3. The molecule has 2 aromatic rings. The molecule has 2 rings (SSSR count). The Morgan fingerprint density at radius 1 is 1.32 bits per heavy atom. The Labute approximate surface area is 113 Å². The molecule has 96 valence electrons. The van der Waals surface area contributed by atoms with Crippen molar-refractivity contribution in [3.05, 3.63) is 58.3 Å². The second kappa shape index (κ2) is 6.23. The second-order valence-electron chi connectivity index (χ2n) is 4.07. The highest BCUT2D eigenvalue weighted by Crippen LogP contribution is 2.07. The number of aromatic nitrogens is 2. The van der Waals surface area contributed by atoms with Gasteiger partial charge in [-0.25, -0.2) is 4.98 Å². The van der Waals surface area contributed by atoms with Crippen molar-refractivity contribution < 1.29 is 4.74 Å². The first-order valence-corrected chi connectivity index (χ1v) is 6.21. The molecule has 0 aliphatic heterocycles. The Morgan fingerprint density at radius 3 is 2.68 bits per heavy atom. The molecule has 0 amide bonds. The van der Waals surface area contributed by atoms with E-state index in [1.54, 1.807) is 0 Å². The third kappa shape index (κ3) is 3.05. The lowest BCUT2D eigenvalue weighted by Gasteiger charge is -2.11. The fourth-order valence-corrected chi connectivity index (χ4v) is 1.83. The van der Waals surface area contributed by atoms with E-state index >= 15 is 0 Å². The molecule has 0 unspecified atom stereocenters. The first-order chi connectivity index (χ1) is 9.26. The number of nitrogens with zero attached hydrogens (tertiary/aromatic N) is 2. The fraction of sp³-hybridized carbons (Fsp3) is 0.286. The largest absolute Gasteiger partial charge is 0.482 e. The second-order valence-corrected chi connectivity index (χ2v) is 4.07. The SMILES string of the molecule is [B]Cc1ncc(OCc2ccccc2)c(=O)n1CC. The maximum Gasteiger partial charge on any atom is 0.295 e. The van der Waals surface area contributed by atoms with Crippen molar-refractivity contribution in [2.45, 2.75) is 26.4 Å². The van der Waals surface area contributed by atoms with E-state index in [2.05, 4.69) is 4.98 Å². The Bertz CT molecular complexity index is 596. The van der Waals surface area contributed by atoms with Gasteiger partial charge in [-0.15, -0.1) is 0 Å². The molecule has 1 aromatic carbocycles. The van der Waals surface area contributed by atoms with Crippen LogP contribution in [0.15, 0.2) is 41.3 Å². The van der Waals surface area contributed by atoms with Gasteiger partial charge in [0.1, 0.15) is 12.4 Å². The quantitative estimate of drug-likeness (QED) is 0.759. The molecule has 1 heterocycles. The molecule has 2 radical (unpaired) electrons. The van der Waals surface area contributed by atoms with Gasteiger partial charge < -0.3 is 4.74 Å². The van der Waals surface area contributed by atoms with Crippen molar-refractivity contribution in [3.8, 4) is 5.75 Å². The molecule has 1 aromatic heterocycles. The summed E-state index contributed by atoms with van der Waals surface area (Å²) in [6.07, 6.45) is 1.68. The monoisotopic (exact) mass is 254 g/mol. The van der Waals surface area contributed by atoms with Gasteiger partial charge in [0.2, 0.25) is 5.75 Å². The predicted octanol–water partition coefficient (Wildman–Crippen LogP) is 1.51. The minimum atomic E-state index is -0.186. The highest BCUT2D eigenvalue weighted by atomic mass is 16.5. The van der Waals surface area contributed by atoms with E-state index in [9.17, 15) is 4.79 Å². The van der Waals surface area contributed by atoms with Gasteiger partial charge in [0.05, 0.1) is 14.0 Å². The van der Waals surface area contributed by atoms with Gasteiger partial charge >= 0.3 is 0 Å². The first-order valence-electron chi connectivity index (χ1n) is 6.21. The van der Waals surface area contributed by atoms with Crippen LogP contribution in [0.2, 0.25) is 0 Å². The summed E-state index contributed by atoms with van der Waals surface area (Å²) in [5.41, 5.74) is 0.821. The molecule has 0 spiro atoms. The molecule has 0 fully saturated rings. The van der Waals surface area contributed by atoms with Gasteiger partial charge in [0, 0.05) is 6.54 Å². The van der Waals surface area contributed by atoms with Crippen LogP contribution in [0, 0.1) is 0 Å². The zero-order chi connectivity index (χ0) is 13.7. The Hall–Kier alpha value is -2.04. The van der Waals surface area contributed by atoms with Crippen molar-refractivity contribution in [1.82, 2.24) is 9.55 Å². The predicted molar refractivity (Wildman–Crippen MR) is 74.4 cm³/mol. The third-order valence-corrected chi connectivity index (χ3v) is 2.83. The Balaban J connectivity index is 2.20. The molecular weight excluding hydrogens is 239 g/mol. The minimum absolute atomic E-state index is 0.186. The van der Waals surface area contributed by atoms with E-state index in [1.807, 2.05) is 37.3 Å². The van der Waals surface area contributed by atoms with E-state index < -0.39 is 0 Å². The molecule has 0 aliphatic rings. The highest BCUT2D eigenvalue weighted by molar-refractivity contribution is 6.07. The lowest BCUT2D eigenvalue weighted by molar-refractivity contribution is 0.296. The average molecular weight is 254 g/mol. The highest BCUT2D eigenvalue weighted by Gasteiger charge is 2.08. The van der Waals surface area contributed by atoms with Gasteiger partial charge in [-0.05, 0) is 18.8 Å². The molecule has 5 heteroatoms. The minimum Gasteiger partial charge on any atom is -0.482 e. The summed E-state index contributed by atoms with van der Waals surface area (Å²) < 4.78 is 7.06. The molecule has 19 heavy (non-hydrogen) atoms. The number of rotatable bonds is 5. The fourth-order valence-electron chi connectivity index (χ4n) is 1.83. The van der Waals surface area contributed by atoms with Crippen LogP contribution in [0.25, 0.3) is 0 Å². The summed E-state index contributed by atoms with van der Waals surface area (Å²) in [6, 6.07) is 9.68. The molecule has 0 aliphatic carbocycles. The van der Waals surface area contributed by atoms with Crippen LogP contribution in [0.5, 0.6) is 5.75 Å². The topological polar surface area (TPSA) is 44.1 Å². The van der Waals surface area contributed by atoms with Crippen LogP contribution in [0.3, 0.4) is 0 Å². The summed E-state index contributed by atoms with van der Waals surface area (Å²) in [6.45, 7) is 2.76. The third-order valence-electron chi connectivity index (χ3n) is 2.83. The van der Waals surface area contributed by atoms with Crippen molar-refractivity contribution in [1.29, 1.82) is 0 Å². The summed E-state index contributed by atoms with van der Waals surface area (Å²) >= 11 is 0. The zero-order valence-electron chi connectivity index (χ0n) is 10.9. The maximum absolute atomic E-state index is 12.1. The first kappa shape index (κ1) is 13.4. The molecule has 0 saturated carbocycles. The molecule has 0 bridgehead atoms. The molecule has 0 saturated heterocycles. The van der Waals surface area contributed by atoms with Crippen molar-refractivity contribution in [2.75, 3.05) is 0 Å². The van der Waals surface area contributed by atoms with Crippen LogP contribution in [0.4, 0.5) is 0 Å². The molecule has 0 N–H and O–H groups in total. The van der Waals surface area contributed by atoms with Gasteiger partial charge in [-0.3, -0.25) is 9.36 Å².